The van der Waals surface area contributed by atoms with E-state index in [0.717, 1.165) is 17.7 Å². The number of aromatic amines is 1. The molecule has 15 heavy (non-hydrogen) atoms. The van der Waals surface area contributed by atoms with E-state index in [1.54, 1.807) is 0 Å². The minimum Gasteiger partial charge on any atom is -0.478 e. The van der Waals surface area contributed by atoms with Crippen LogP contribution in [0, 0.1) is 6.92 Å². The molecule has 4 nitrogen and oxygen atoms in total. The van der Waals surface area contributed by atoms with Crippen LogP contribution in [0.5, 0.6) is 0 Å². The Hall–Kier alpha value is -1.55. The van der Waals surface area contributed by atoms with E-state index >= 15 is 0 Å². The molecule has 80 valence electrons. The first-order valence-electron chi connectivity index (χ1n) is 4.82. The maximum absolute atomic E-state index is 10.8. The van der Waals surface area contributed by atoms with Gasteiger partial charge in [-0.2, -0.15) is 0 Å². The summed E-state index contributed by atoms with van der Waals surface area (Å²) in [4.78, 5) is 13.9. The lowest BCUT2D eigenvalue weighted by Crippen LogP contribution is -2.08. The van der Waals surface area contributed by atoms with Crippen molar-refractivity contribution in [2.75, 3.05) is 6.61 Å². The van der Waals surface area contributed by atoms with Crippen molar-refractivity contribution in [2.24, 2.45) is 0 Å². The molecular formula is C11H13NO3. The van der Waals surface area contributed by atoms with Crippen LogP contribution in [-0.2, 0) is 22.6 Å². The zero-order chi connectivity index (χ0) is 11.0. The van der Waals surface area contributed by atoms with Gasteiger partial charge in [0, 0.05) is 5.69 Å². The largest absolute Gasteiger partial charge is 0.478 e. The zero-order valence-corrected chi connectivity index (χ0v) is 8.59. The first kappa shape index (κ1) is 9.98. The summed E-state index contributed by atoms with van der Waals surface area (Å²) in [5.41, 5.74) is 3.88. The predicted octanol–water partition coefficient (Wildman–Crippen LogP) is 1.49. The van der Waals surface area contributed by atoms with Crippen molar-refractivity contribution in [3.63, 3.8) is 0 Å². The molecule has 0 aromatic carbocycles. The van der Waals surface area contributed by atoms with Crippen molar-refractivity contribution in [2.45, 2.75) is 20.0 Å². The van der Waals surface area contributed by atoms with Crippen LogP contribution in [0.2, 0.25) is 0 Å². The number of carboxylic acid groups (broad SMARTS) is 1. The van der Waals surface area contributed by atoms with Gasteiger partial charge in [0.15, 0.2) is 0 Å². The fraction of sp³-hybridized carbons (Fsp3) is 0.364. The molecule has 1 aliphatic rings. The molecule has 0 bridgehead atoms. The average Bonchev–Trinajstić information content (AvgIpc) is 2.56. The second kappa shape index (κ2) is 3.55. The van der Waals surface area contributed by atoms with Gasteiger partial charge < -0.3 is 14.8 Å². The molecular weight excluding hydrogens is 194 g/mol. The first-order chi connectivity index (χ1) is 7.11. The van der Waals surface area contributed by atoms with Crippen LogP contribution in [0.1, 0.15) is 22.5 Å². The zero-order valence-electron chi connectivity index (χ0n) is 8.59. The molecule has 0 spiro atoms. The van der Waals surface area contributed by atoms with Crippen molar-refractivity contribution in [3.8, 4) is 0 Å². The smallest absolute Gasteiger partial charge is 0.337 e. The third-order valence-electron chi connectivity index (χ3n) is 2.77. The summed E-state index contributed by atoms with van der Waals surface area (Å²) >= 11 is 0. The molecule has 0 saturated carbocycles. The number of aliphatic carboxylic acids is 1. The van der Waals surface area contributed by atoms with Crippen molar-refractivity contribution in [3.05, 3.63) is 29.1 Å². The van der Waals surface area contributed by atoms with Crippen LogP contribution in [0.4, 0.5) is 0 Å². The fourth-order valence-electron chi connectivity index (χ4n) is 1.92. The highest BCUT2D eigenvalue weighted by Crippen LogP contribution is 2.26. The summed E-state index contributed by atoms with van der Waals surface area (Å²) in [5.74, 6) is -0.988. The molecule has 0 aliphatic carbocycles. The highest BCUT2D eigenvalue weighted by atomic mass is 16.5. The Morgan fingerprint density at radius 3 is 2.93 bits per heavy atom. The maximum atomic E-state index is 10.8. The van der Waals surface area contributed by atoms with Gasteiger partial charge in [-0.05, 0) is 24.5 Å². The standard InChI is InChI=1S/C11H13NO3/c1-6-8-3-4-15-5-9(8)12-10(6)7(2)11(13)14/h12H,2-5H2,1H3,(H,13,14). The fourth-order valence-corrected chi connectivity index (χ4v) is 1.92. The van der Waals surface area contributed by atoms with Gasteiger partial charge >= 0.3 is 5.97 Å². The van der Waals surface area contributed by atoms with E-state index in [9.17, 15) is 4.79 Å². The normalized spacial score (nSPS) is 14.7. The summed E-state index contributed by atoms with van der Waals surface area (Å²) in [5, 5.41) is 8.87. The number of carbonyl (C=O) groups is 1. The lowest BCUT2D eigenvalue weighted by atomic mass is 10.0. The van der Waals surface area contributed by atoms with Crippen LogP contribution in [0.3, 0.4) is 0 Å². The average molecular weight is 207 g/mol. The Labute approximate surface area is 87.6 Å². The molecule has 2 N–H and O–H groups in total. The second-order valence-corrected chi connectivity index (χ2v) is 3.67. The molecule has 2 heterocycles. The third-order valence-corrected chi connectivity index (χ3v) is 2.77. The van der Waals surface area contributed by atoms with E-state index in [-0.39, 0.29) is 5.57 Å². The number of ether oxygens (including phenoxy) is 1. The van der Waals surface area contributed by atoms with Gasteiger partial charge in [-0.1, -0.05) is 6.58 Å². The van der Waals surface area contributed by atoms with Gasteiger partial charge in [0.25, 0.3) is 0 Å². The van der Waals surface area contributed by atoms with Crippen molar-refractivity contribution >= 4 is 11.5 Å². The summed E-state index contributed by atoms with van der Waals surface area (Å²) in [6, 6.07) is 0. The minimum absolute atomic E-state index is 0.113. The van der Waals surface area contributed by atoms with E-state index in [0.29, 0.717) is 18.9 Å². The van der Waals surface area contributed by atoms with Crippen molar-refractivity contribution in [1.29, 1.82) is 0 Å². The quantitative estimate of drug-likeness (QED) is 0.722. The molecule has 0 unspecified atom stereocenters. The molecule has 0 fully saturated rings. The maximum Gasteiger partial charge on any atom is 0.337 e. The second-order valence-electron chi connectivity index (χ2n) is 3.67. The van der Waals surface area contributed by atoms with E-state index in [2.05, 4.69) is 11.6 Å². The summed E-state index contributed by atoms with van der Waals surface area (Å²) in [6.07, 6.45) is 0.838. The van der Waals surface area contributed by atoms with E-state index in [1.165, 1.54) is 5.56 Å². The number of hydrogen-bond donors (Lipinski definition) is 2. The molecule has 0 saturated heterocycles. The SMILES string of the molecule is C=C(C(=O)O)c1[nH]c2c(c1C)CCOC2. The molecule has 1 aliphatic heterocycles. The van der Waals surface area contributed by atoms with E-state index in [1.807, 2.05) is 6.92 Å². The van der Waals surface area contributed by atoms with Gasteiger partial charge in [-0.25, -0.2) is 4.79 Å². The highest BCUT2D eigenvalue weighted by molar-refractivity contribution is 6.14. The van der Waals surface area contributed by atoms with Crippen LogP contribution >= 0.6 is 0 Å². The van der Waals surface area contributed by atoms with Crippen LogP contribution in [0.25, 0.3) is 5.57 Å². The molecule has 0 amide bonds. The van der Waals surface area contributed by atoms with E-state index in [4.69, 9.17) is 9.84 Å². The van der Waals surface area contributed by atoms with Crippen LogP contribution in [-0.4, -0.2) is 22.7 Å². The Balaban J connectivity index is 2.46. The third kappa shape index (κ3) is 1.57. The summed E-state index contributed by atoms with van der Waals surface area (Å²) in [6.45, 7) is 6.71. The number of hydrogen-bond acceptors (Lipinski definition) is 2. The minimum atomic E-state index is -0.988. The van der Waals surface area contributed by atoms with E-state index < -0.39 is 5.97 Å². The Kier molecular flexibility index (Phi) is 2.36. The monoisotopic (exact) mass is 207 g/mol. The van der Waals surface area contributed by atoms with Gasteiger partial charge in [0.2, 0.25) is 0 Å². The van der Waals surface area contributed by atoms with Crippen LogP contribution < -0.4 is 0 Å². The number of rotatable bonds is 2. The molecule has 0 radical (unpaired) electrons. The topological polar surface area (TPSA) is 62.3 Å². The van der Waals surface area contributed by atoms with Crippen LogP contribution in [0.15, 0.2) is 6.58 Å². The summed E-state index contributed by atoms with van der Waals surface area (Å²) < 4.78 is 5.30. The number of H-pyrrole nitrogens is 1. The van der Waals surface area contributed by atoms with Gasteiger partial charge in [-0.3, -0.25) is 0 Å². The number of fused-ring (bicyclic) bond motifs is 1. The number of carboxylic acids is 1. The van der Waals surface area contributed by atoms with Gasteiger partial charge in [-0.15, -0.1) is 0 Å². The molecule has 4 heteroatoms. The summed E-state index contributed by atoms with van der Waals surface area (Å²) in [7, 11) is 0. The predicted molar refractivity (Wildman–Crippen MR) is 55.6 cm³/mol. The Morgan fingerprint density at radius 2 is 2.33 bits per heavy atom. The lowest BCUT2D eigenvalue weighted by molar-refractivity contribution is -0.130. The molecule has 0 atom stereocenters. The number of aromatic nitrogens is 1. The lowest BCUT2D eigenvalue weighted by Gasteiger charge is -2.12. The molecule has 1 aromatic rings. The highest BCUT2D eigenvalue weighted by Gasteiger charge is 2.21. The van der Waals surface area contributed by atoms with Crippen molar-refractivity contribution < 1.29 is 14.6 Å². The first-order valence-corrected chi connectivity index (χ1v) is 4.82. The van der Waals surface area contributed by atoms with Gasteiger partial charge in [0.05, 0.1) is 24.5 Å². The molecule has 2 rings (SSSR count). The Bertz CT molecular complexity index is 431. The van der Waals surface area contributed by atoms with Crippen molar-refractivity contribution in [1.82, 2.24) is 4.98 Å². The Morgan fingerprint density at radius 1 is 1.60 bits per heavy atom. The van der Waals surface area contributed by atoms with Gasteiger partial charge in [0.1, 0.15) is 0 Å². The molecule has 1 aromatic heterocycles. The number of nitrogens with one attached hydrogen (secondary N) is 1.